The molecule has 0 saturated carbocycles. The lowest BCUT2D eigenvalue weighted by Crippen LogP contribution is -2.24. The molecule has 0 N–H and O–H groups in total. The van der Waals surface area contributed by atoms with Gasteiger partial charge in [0.15, 0.2) is 0 Å². The van der Waals surface area contributed by atoms with Gasteiger partial charge in [0, 0.05) is 29.4 Å². The van der Waals surface area contributed by atoms with E-state index in [0.29, 0.717) is 17.7 Å². The van der Waals surface area contributed by atoms with Crippen LogP contribution >= 0.6 is 0 Å². The van der Waals surface area contributed by atoms with E-state index in [-0.39, 0.29) is 23.3 Å². The molecule has 0 unspecified atom stereocenters. The van der Waals surface area contributed by atoms with E-state index in [0.717, 1.165) is 6.29 Å². The van der Waals surface area contributed by atoms with Crippen molar-refractivity contribution in [2.24, 2.45) is 0 Å². The molecule has 0 aliphatic heterocycles. The zero-order valence-electron chi connectivity index (χ0n) is 16.2. The molecule has 2 aromatic heterocycles. The van der Waals surface area contributed by atoms with Crippen molar-refractivity contribution in [3.63, 3.8) is 0 Å². The standard InChI is InChI=1S/C20H22F2N2O4/c1-20(2,3)28-19(26)15-10-23-12(6-5-7-25)8-13(15)14-9-16(18(21)22)24-11-17(14)27-4/h7-11,18H,5-6H2,1-4H3. The first-order valence-corrected chi connectivity index (χ1v) is 8.64. The fourth-order valence-electron chi connectivity index (χ4n) is 2.51. The van der Waals surface area contributed by atoms with Crippen LogP contribution in [0.3, 0.4) is 0 Å². The van der Waals surface area contributed by atoms with Gasteiger partial charge in [-0.3, -0.25) is 9.97 Å². The van der Waals surface area contributed by atoms with E-state index >= 15 is 0 Å². The van der Waals surface area contributed by atoms with Crippen molar-refractivity contribution in [1.29, 1.82) is 0 Å². The summed E-state index contributed by atoms with van der Waals surface area (Å²) in [5.74, 6) is -0.420. The number of hydrogen-bond donors (Lipinski definition) is 0. The van der Waals surface area contributed by atoms with Crippen LogP contribution in [0.2, 0.25) is 0 Å². The number of esters is 1. The predicted octanol–water partition coefficient (Wildman–Crippen LogP) is 4.18. The first-order valence-electron chi connectivity index (χ1n) is 8.64. The number of pyridine rings is 2. The summed E-state index contributed by atoms with van der Waals surface area (Å²) in [5.41, 5.74) is 0.0364. The first-order chi connectivity index (χ1) is 13.2. The number of halogens is 2. The van der Waals surface area contributed by atoms with Crippen LogP contribution in [-0.2, 0) is 16.0 Å². The zero-order chi connectivity index (χ0) is 20.9. The van der Waals surface area contributed by atoms with Gasteiger partial charge < -0.3 is 14.3 Å². The van der Waals surface area contributed by atoms with Gasteiger partial charge in [-0.2, -0.15) is 0 Å². The number of carbonyl (C=O) groups excluding carboxylic acids is 2. The number of ether oxygens (including phenoxy) is 2. The molecule has 0 aliphatic rings. The van der Waals surface area contributed by atoms with Gasteiger partial charge in [0.05, 0.1) is 18.9 Å². The molecule has 150 valence electrons. The second kappa shape index (κ2) is 8.86. The van der Waals surface area contributed by atoms with Crippen molar-refractivity contribution in [3.05, 3.63) is 41.5 Å². The fourth-order valence-corrected chi connectivity index (χ4v) is 2.51. The number of alkyl halides is 2. The summed E-state index contributed by atoms with van der Waals surface area (Å²) in [7, 11) is 1.38. The van der Waals surface area contributed by atoms with Crippen LogP contribution in [0, 0.1) is 0 Å². The zero-order valence-corrected chi connectivity index (χ0v) is 16.2. The summed E-state index contributed by atoms with van der Waals surface area (Å²) < 4.78 is 37.0. The van der Waals surface area contributed by atoms with E-state index in [1.54, 1.807) is 26.8 Å². The SMILES string of the molecule is COc1cnc(C(F)F)cc1-c1cc(CCC=O)ncc1C(=O)OC(C)(C)C. The topological polar surface area (TPSA) is 78.4 Å². The lowest BCUT2D eigenvalue weighted by molar-refractivity contribution is -0.107. The van der Waals surface area contributed by atoms with Crippen LogP contribution < -0.4 is 4.74 Å². The van der Waals surface area contributed by atoms with Gasteiger partial charge in [0.25, 0.3) is 6.43 Å². The number of methoxy groups -OCH3 is 1. The second-order valence-corrected chi connectivity index (χ2v) is 7.04. The molecule has 6 nitrogen and oxygen atoms in total. The van der Waals surface area contributed by atoms with Crippen molar-refractivity contribution in [2.75, 3.05) is 7.11 Å². The number of aldehydes is 1. The summed E-state index contributed by atoms with van der Waals surface area (Å²) in [6, 6.07) is 2.76. The number of aryl methyl sites for hydroxylation is 1. The molecular weight excluding hydrogens is 370 g/mol. The number of carbonyl (C=O) groups is 2. The molecule has 0 aromatic carbocycles. The molecule has 0 saturated heterocycles. The fraction of sp³-hybridized carbons (Fsp3) is 0.400. The van der Waals surface area contributed by atoms with Crippen molar-refractivity contribution in [2.45, 2.75) is 45.6 Å². The monoisotopic (exact) mass is 392 g/mol. The lowest BCUT2D eigenvalue weighted by atomic mass is 9.98. The first kappa shape index (κ1) is 21.4. The molecule has 28 heavy (non-hydrogen) atoms. The average Bonchev–Trinajstić information content (AvgIpc) is 2.64. The lowest BCUT2D eigenvalue weighted by Gasteiger charge is -2.21. The Bertz CT molecular complexity index is 864. The molecular formula is C20H22F2N2O4. The Labute approximate surface area is 161 Å². The molecule has 0 amide bonds. The highest BCUT2D eigenvalue weighted by molar-refractivity contribution is 5.98. The number of hydrogen-bond acceptors (Lipinski definition) is 6. The Hall–Kier alpha value is -2.90. The predicted molar refractivity (Wildman–Crippen MR) is 98.5 cm³/mol. The molecule has 0 aliphatic carbocycles. The highest BCUT2D eigenvalue weighted by atomic mass is 19.3. The minimum atomic E-state index is -2.79. The van der Waals surface area contributed by atoms with Crippen LogP contribution in [0.15, 0.2) is 24.5 Å². The smallest absolute Gasteiger partial charge is 0.340 e. The van der Waals surface area contributed by atoms with Crippen molar-refractivity contribution in [1.82, 2.24) is 9.97 Å². The maximum absolute atomic E-state index is 13.2. The van der Waals surface area contributed by atoms with Crippen LogP contribution in [0.4, 0.5) is 8.78 Å². The van der Waals surface area contributed by atoms with Crippen LogP contribution in [0.5, 0.6) is 5.75 Å². The Kier molecular flexibility index (Phi) is 6.77. The number of nitrogens with zero attached hydrogens (tertiary/aromatic N) is 2. The molecule has 2 rings (SSSR count). The normalized spacial score (nSPS) is 11.4. The van der Waals surface area contributed by atoms with Gasteiger partial charge in [0.1, 0.15) is 23.3 Å². The van der Waals surface area contributed by atoms with Gasteiger partial charge >= 0.3 is 5.97 Å². The highest BCUT2D eigenvalue weighted by Gasteiger charge is 2.24. The van der Waals surface area contributed by atoms with Crippen LogP contribution in [-0.4, -0.2) is 34.9 Å². The van der Waals surface area contributed by atoms with Gasteiger partial charge in [-0.25, -0.2) is 13.6 Å². The van der Waals surface area contributed by atoms with Gasteiger partial charge in [-0.15, -0.1) is 0 Å². The largest absolute Gasteiger partial charge is 0.494 e. The van der Waals surface area contributed by atoms with Crippen molar-refractivity contribution in [3.8, 4) is 16.9 Å². The Balaban J connectivity index is 2.66. The number of aromatic nitrogens is 2. The molecule has 0 bridgehead atoms. The van der Waals surface area contributed by atoms with E-state index in [2.05, 4.69) is 9.97 Å². The third-order valence-corrected chi connectivity index (χ3v) is 3.72. The minimum Gasteiger partial charge on any atom is -0.494 e. The number of rotatable bonds is 7. The maximum atomic E-state index is 13.2. The third-order valence-electron chi connectivity index (χ3n) is 3.72. The highest BCUT2D eigenvalue weighted by Crippen LogP contribution is 2.35. The Morgan fingerprint density at radius 2 is 1.89 bits per heavy atom. The Morgan fingerprint density at radius 3 is 2.46 bits per heavy atom. The molecule has 8 heteroatoms. The van der Waals surface area contributed by atoms with Gasteiger partial charge in [0.2, 0.25) is 0 Å². The van der Waals surface area contributed by atoms with E-state index in [1.165, 1.54) is 25.6 Å². The van der Waals surface area contributed by atoms with Crippen LogP contribution in [0.1, 0.15) is 55.4 Å². The van der Waals surface area contributed by atoms with E-state index < -0.39 is 23.7 Å². The quantitative estimate of drug-likeness (QED) is 0.520. The molecule has 0 spiro atoms. The average molecular weight is 392 g/mol. The third kappa shape index (κ3) is 5.31. The van der Waals surface area contributed by atoms with E-state index in [4.69, 9.17) is 9.47 Å². The molecule has 0 fully saturated rings. The van der Waals surface area contributed by atoms with Crippen molar-refractivity contribution < 1.29 is 27.8 Å². The van der Waals surface area contributed by atoms with Gasteiger partial charge in [-0.05, 0) is 39.3 Å². The summed E-state index contributed by atoms with van der Waals surface area (Å²) in [6.45, 7) is 5.16. The molecule has 2 heterocycles. The summed E-state index contributed by atoms with van der Waals surface area (Å²) in [4.78, 5) is 31.2. The summed E-state index contributed by atoms with van der Waals surface area (Å²) in [6.07, 6.45) is 1.07. The van der Waals surface area contributed by atoms with Gasteiger partial charge in [-0.1, -0.05) is 0 Å². The summed E-state index contributed by atoms with van der Waals surface area (Å²) >= 11 is 0. The molecule has 0 radical (unpaired) electrons. The van der Waals surface area contributed by atoms with E-state index in [1.807, 2.05) is 0 Å². The Morgan fingerprint density at radius 1 is 1.18 bits per heavy atom. The minimum absolute atomic E-state index is 0.106. The summed E-state index contributed by atoms with van der Waals surface area (Å²) in [5, 5.41) is 0. The maximum Gasteiger partial charge on any atom is 0.340 e. The van der Waals surface area contributed by atoms with E-state index in [9.17, 15) is 18.4 Å². The molecule has 0 atom stereocenters. The molecule has 2 aromatic rings. The van der Waals surface area contributed by atoms with Crippen LogP contribution in [0.25, 0.3) is 11.1 Å². The van der Waals surface area contributed by atoms with Crippen molar-refractivity contribution >= 4 is 12.3 Å². The second-order valence-electron chi connectivity index (χ2n) is 7.04.